The van der Waals surface area contributed by atoms with E-state index in [4.69, 9.17) is 4.74 Å². The van der Waals surface area contributed by atoms with Gasteiger partial charge in [-0.1, -0.05) is 28.1 Å². The number of carbonyl (C=O) groups is 1. The Morgan fingerprint density at radius 1 is 1.31 bits per heavy atom. The van der Waals surface area contributed by atoms with Crippen molar-refractivity contribution in [2.45, 2.75) is 25.1 Å². The number of aromatic nitrogens is 2. The second kappa shape index (κ2) is 7.97. The monoisotopic (exact) mass is 432 g/mol. The number of hydrogen-bond donors (Lipinski definition) is 2. The van der Waals surface area contributed by atoms with Crippen LogP contribution in [0.4, 0.5) is 0 Å². The molecule has 1 aromatic heterocycles. The van der Waals surface area contributed by atoms with Crippen molar-refractivity contribution < 1.29 is 14.6 Å². The average Bonchev–Trinajstić information content (AvgIpc) is 2.98. The van der Waals surface area contributed by atoms with Crippen LogP contribution < -0.4 is 4.74 Å². The molecule has 1 heterocycles. The first-order valence-electron chi connectivity index (χ1n) is 7.96. The number of thioether (sulfide) groups is 1. The minimum Gasteiger partial charge on any atom is -0.490 e. The molecule has 0 aliphatic rings. The fourth-order valence-corrected chi connectivity index (χ4v) is 3.52. The number of para-hydroxylation sites is 2. The van der Waals surface area contributed by atoms with Gasteiger partial charge in [-0.05, 0) is 62.0 Å². The van der Waals surface area contributed by atoms with Gasteiger partial charge in [-0.2, -0.15) is 0 Å². The second-order valence-corrected chi connectivity index (χ2v) is 7.77. The molecule has 0 aliphatic heterocycles. The van der Waals surface area contributed by atoms with Gasteiger partial charge in [0.2, 0.25) is 0 Å². The number of benzene rings is 2. The van der Waals surface area contributed by atoms with Gasteiger partial charge in [0.1, 0.15) is 10.7 Å². The quantitative estimate of drug-likeness (QED) is 0.406. The molecule has 5 nitrogen and oxygen atoms in total. The third kappa shape index (κ3) is 4.47. The predicted octanol–water partition coefficient (Wildman–Crippen LogP) is 5.33. The lowest BCUT2D eigenvalue weighted by Crippen LogP contribution is -2.07. The number of fused-ring (bicyclic) bond motifs is 1. The Kier molecular flexibility index (Phi) is 5.68. The molecule has 0 atom stereocenters. The van der Waals surface area contributed by atoms with Crippen LogP contribution in [0.25, 0.3) is 17.1 Å². The summed E-state index contributed by atoms with van der Waals surface area (Å²) in [5.74, 6) is -0.391. The third-order valence-electron chi connectivity index (χ3n) is 3.41. The Morgan fingerprint density at radius 3 is 2.77 bits per heavy atom. The molecule has 0 radical (unpaired) electrons. The normalized spacial score (nSPS) is 11.9. The van der Waals surface area contributed by atoms with Gasteiger partial charge in [0.15, 0.2) is 5.16 Å². The molecule has 0 unspecified atom stereocenters. The van der Waals surface area contributed by atoms with Gasteiger partial charge < -0.3 is 14.8 Å². The van der Waals surface area contributed by atoms with Crippen LogP contribution in [0.2, 0.25) is 0 Å². The van der Waals surface area contributed by atoms with Crippen LogP contribution >= 0.6 is 27.7 Å². The van der Waals surface area contributed by atoms with Crippen LogP contribution in [0, 0.1) is 0 Å². The Labute approximate surface area is 163 Å². The van der Waals surface area contributed by atoms with E-state index in [1.807, 2.05) is 56.3 Å². The molecular formula is C19H17BrN2O3S. The molecule has 2 aromatic carbocycles. The summed E-state index contributed by atoms with van der Waals surface area (Å²) in [6, 6.07) is 13.1. The molecule has 3 aromatic rings. The lowest BCUT2D eigenvalue weighted by Gasteiger charge is -2.13. The number of aliphatic carboxylic acids is 1. The molecular weight excluding hydrogens is 416 g/mol. The number of hydrogen-bond acceptors (Lipinski definition) is 4. The van der Waals surface area contributed by atoms with Crippen LogP contribution in [0.15, 0.2) is 57.0 Å². The molecule has 7 heteroatoms. The zero-order valence-corrected chi connectivity index (χ0v) is 16.6. The zero-order valence-electron chi connectivity index (χ0n) is 14.2. The van der Waals surface area contributed by atoms with E-state index in [1.54, 1.807) is 6.08 Å². The highest BCUT2D eigenvalue weighted by molar-refractivity contribution is 9.10. The smallest absolute Gasteiger partial charge is 0.342 e. The zero-order chi connectivity index (χ0) is 18.7. The van der Waals surface area contributed by atoms with E-state index in [0.29, 0.717) is 16.5 Å². The Bertz CT molecular complexity index is 949. The van der Waals surface area contributed by atoms with Gasteiger partial charge in [0.05, 0.1) is 17.1 Å². The molecule has 134 valence electrons. The van der Waals surface area contributed by atoms with E-state index in [9.17, 15) is 9.90 Å². The number of carboxylic acid groups (broad SMARTS) is 1. The van der Waals surface area contributed by atoms with Crippen molar-refractivity contribution in [3.05, 3.63) is 57.4 Å². The number of nitrogens with zero attached hydrogens (tertiary/aromatic N) is 1. The van der Waals surface area contributed by atoms with E-state index in [0.717, 1.165) is 27.3 Å². The highest BCUT2D eigenvalue weighted by Gasteiger charge is 2.15. The Hall–Kier alpha value is -2.25. The van der Waals surface area contributed by atoms with E-state index in [2.05, 4.69) is 25.9 Å². The van der Waals surface area contributed by atoms with E-state index in [1.165, 1.54) is 0 Å². The maximum Gasteiger partial charge on any atom is 0.342 e. The molecule has 0 saturated heterocycles. The highest BCUT2D eigenvalue weighted by atomic mass is 79.9. The van der Waals surface area contributed by atoms with Crippen molar-refractivity contribution in [3.8, 4) is 5.75 Å². The number of halogens is 1. The first kappa shape index (κ1) is 18.5. The molecule has 0 bridgehead atoms. The lowest BCUT2D eigenvalue weighted by molar-refractivity contribution is -0.131. The van der Waals surface area contributed by atoms with Crippen molar-refractivity contribution in [3.63, 3.8) is 0 Å². The summed E-state index contributed by atoms with van der Waals surface area (Å²) in [6.07, 6.45) is 1.59. The molecule has 0 spiro atoms. The van der Waals surface area contributed by atoms with Crippen molar-refractivity contribution in [1.82, 2.24) is 9.97 Å². The van der Waals surface area contributed by atoms with Crippen molar-refractivity contribution in [2.75, 3.05) is 0 Å². The molecule has 0 saturated carbocycles. The number of aromatic amines is 1. The molecule has 3 rings (SSSR count). The van der Waals surface area contributed by atoms with Crippen LogP contribution in [-0.4, -0.2) is 27.1 Å². The van der Waals surface area contributed by atoms with Gasteiger partial charge >= 0.3 is 5.97 Å². The summed E-state index contributed by atoms with van der Waals surface area (Å²) in [4.78, 5) is 19.5. The lowest BCUT2D eigenvalue weighted by atomic mass is 10.2. The largest absolute Gasteiger partial charge is 0.490 e. The molecule has 0 aliphatic carbocycles. The van der Waals surface area contributed by atoms with Gasteiger partial charge in [-0.15, -0.1) is 0 Å². The summed E-state index contributed by atoms with van der Waals surface area (Å²) < 4.78 is 6.63. The summed E-state index contributed by atoms with van der Waals surface area (Å²) in [5, 5.41) is 10.2. The molecule has 0 amide bonds. The summed E-state index contributed by atoms with van der Waals surface area (Å²) in [5.41, 5.74) is 2.35. The Morgan fingerprint density at radius 2 is 2.08 bits per heavy atom. The van der Waals surface area contributed by atoms with Gasteiger partial charge in [-0.3, -0.25) is 0 Å². The van der Waals surface area contributed by atoms with Gasteiger partial charge in [-0.25, -0.2) is 9.78 Å². The highest BCUT2D eigenvalue weighted by Crippen LogP contribution is 2.32. The fraction of sp³-hybridized carbons (Fsp3) is 0.158. The van der Waals surface area contributed by atoms with Crippen LogP contribution in [0.3, 0.4) is 0 Å². The number of ether oxygens (including phenoxy) is 1. The average molecular weight is 433 g/mol. The minimum absolute atomic E-state index is 0.0142. The number of imidazole rings is 1. The molecule has 26 heavy (non-hydrogen) atoms. The van der Waals surface area contributed by atoms with E-state index in [-0.39, 0.29) is 11.0 Å². The Balaban J connectivity index is 1.97. The van der Waals surface area contributed by atoms with Gasteiger partial charge in [0.25, 0.3) is 0 Å². The first-order valence-corrected chi connectivity index (χ1v) is 9.57. The SMILES string of the molecule is CC(C)Oc1ccc(Br)cc1/C=C(/Sc1nc2ccccc2[nH]1)C(=O)O. The molecule has 2 N–H and O–H groups in total. The topological polar surface area (TPSA) is 75.2 Å². The first-order chi connectivity index (χ1) is 12.4. The summed E-state index contributed by atoms with van der Waals surface area (Å²) >= 11 is 4.50. The fourth-order valence-electron chi connectivity index (χ4n) is 2.35. The van der Waals surface area contributed by atoms with E-state index >= 15 is 0 Å². The minimum atomic E-state index is -1.02. The number of rotatable bonds is 6. The number of H-pyrrole nitrogens is 1. The maximum absolute atomic E-state index is 11.8. The van der Waals surface area contributed by atoms with Crippen molar-refractivity contribution >= 4 is 50.8 Å². The maximum atomic E-state index is 11.8. The second-order valence-electron chi connectivity index (χ2n) is 5.82. The van der Waals surface area contributed by atoms with Gasteiger partial charge in [0, 0.05) is 10.0 Å². The summed E-state index contributed by atoms with van der Waals surface area (Å²) in [7, 11) is 0. The van der Waals surface area contributed by atoms with Crippen LogP contribution in [0.5, 0.6) is 5.75 Å². The van der Waals surface area contributed by atoms with Crippen LogP contribution in [-0.2, 0) is 4.79 Å². The number of nitrogens with one attached hydrogen (secondary N) is 1. The number of carboxylic acids is 1. The summed E-state index contributed by atoms with van der Waals surface area (Å²) in [6.45, 7) is 3.85. The standard InChI is InChI=1S/C19H17BrN2O3S/c1-11(2)25-16-8-7-13(20)9-12(16)10-17(18(23)24)26-19-21-14-5-3-4-6-15(14)22-19/h3-11H,1-2H3,(H,21,22)(H,23,24)/b17-10+. The van der Waals surface area contributed by atoms with Crippen LogP contribution in [0.1, 0.15) is 19.4 Å². The van der Waals surface area contributed by atoms with E-state index < -0.39 is 5.97 Å². The predicted molar refractivity (Wildman–Crippen MR) is 107 cm³/mol. The van der Waals surface area contributed by atoms with Crippen molar-refractivity contribution in [1.29, 1.82) is 0 Å². The van der Waals surface area contributed by atoms with Crippen molar-refractivity contribution in [2.24, 2.45) is 0 Å². The third-order valence-corrected chi connectivity index (χ3v) is 4.80. The molecule has 0 fully saturated rings.